The van der Waals surface area contributed by atoms with Gasteiger partial charge in [-0.25, -0.2) is 0 Å². The molecule has 0 fully saturated rings. The second-order valence-corrected chi connectivity index (χ2v) is 6.67. The molecule has 86 valence electrons. The van der Waals surface area contributed by atoms with Crippen LogP contribution in [-0.2, 0) is 4.57 Å². The second-order valence-electron chi connectivity index (χ2n) is 3.97. The standard InChI is InChI=1S/C13H11O3P/c14-11-7-4-8-12-13(11)17(15,9-16-12)10-5-2-1-3-6-10/h1-8,14H,9H2/t17-/m1/s1. The van der Waals surface area contributed by atoms with Crippen molar-refractivity contribution < 1.29 is 14.4 Å². The third-order valence-electron chi connectivity index (χ3n) is 2.91. The van der Waals surface area contributed by atoms with Crippen LogP contribution in [0.5, 0.6) is 11.5 Å². The highest BCUT2D eigenvalue weighted by Crippen LogP contribution is 2.52. The van der Waals surface area contributed by atoms with Crippen LogP contribution in [0.25, 0.3) is 0 Å². The van der Waals surface area contributed by atoms with E-state index in [0.717, 1.165) is 5.30 Å². The highest BCUT2D eigenvalue weighted by molar-refractivity contribution is 7.79. The molecule has 0 aromatic heterocycles. The molecule has 1 N–H and O–H groups in total. The Morgan fingerprint density at radius 3 is 2.59 bits per heavy atom. The molecule has 1 aliphatic heterocycles. The Labute approximate surface area is 99.0 Å². The summed E-state index contributed by atoms with van der Waals surface area (Å²) in [6.45, 7) is 0. The minimum atomic E-state index is -2.82. The molecule has 2 aromatic carbocycles. The number of phenols is 1. The van der Waals surface area contributed by atoms with Crippen molar-refractivity contribution >= 4 is 17.8 Å². The van der Waals surface area contributed by atoms with E-state index in [1.165, 1.54) is 0 Å². The first kappa shape index (κ1) is 10.4. The van der Waals surface area contributed by atoms with Gasteiger partial charge in [0.15, 0.2) is 7.14 Å². The first-order valence-corrected chi connectivity index (χ1v) is 7.21. The van der Waals surface area contributed by atoms with E-state index in [1.54, 1.807) is 18.2 Å². The Bertz CT molecular complexity index is 607. The summed E-state index contributed by atoms with van der Waals surface area (Å²) in [5.41, 5.74) is 0. The largest absolute Gasteiger partial charge is 0.507 e. The van der Waals surface area contributed by atoms with Gasteiger partial charge in [-0.15, -0.1) is 0 Å². The zero-order valence-corrected chi connectivity index (χ0v) is 9.93. The van der Waals surface area contributed by atoms with Crippen molar-refractivity contribution in [1.82, 2.24) is 0 Å². The molecule has 4 heteroatoms. The molecule has 0 saturated heterocycles. The molecule has 17 heavy (non-hydrogen) atoms. The molecule has 0 saturated carbocycles. The summed E-state index contributed by atoms with van der Waals surface area (Å²) in [5.74, 6) is 0.573. The van der Waals surface area contributed by atoms with E-state index in [4.69, 9.17) is 4.74 Å². The monoisotopic (exact) mass is 246 g/mol. The summed E-state index contributed by atoms with van der Waals surface area (Å²) in [6.07, 6.45) is 0.129. The van der Waals surface area contributed by atoms with Gasteiger partial charge in [-0.05, 0) is 12.1 Å². The van der Waals surface area contributed by atoms with Gasteiger partial charge in [-0.2, -0.15) is 0 Å². The zero-order chi connectivity index (χ0) is 11.9. The number of benzene rings is 2. The lowest BCUT2D eigenvalue weighted by molar-refractivity contribution is 0.393. The van der Waals surface area contributed by atoms with Gasteiger partial charge in [-0.3, -0.25) is 0 Å². The molecule has 0 bridgehead atoms. The highest BCUT2D eigenvalue weighted by Gasteiger charge is 2.39. The number of rotatable bonds is 1. The Kier molecular flexibility index (Phi) is 2.23. The van der Waals surface area contributed by atoms with Crippen LogP contribution in [0, 0.1) is 0 Å². The average molecular weight is 246 g/mol. The van der Waals surface area contributed by atoms with Gasteiger partial charge in [0, 0.05) is 5.30 Å². The van der Waals surface area contributed by atoms with Crippen molar-refractivity contribution in [3.8, 4) is 11.5 Å². The fraction of sp³-hybridized carbons (Fsp3) is 0.0769. The van der Waals surface area contributed by atoms with E-state index < -0.39 is 7.14 Å². The third kappa shape index (κ3) is 1.47. The maximum atomic E-state index is 13.0. The van der Waals surface area contributed by atoms with Gasteiger partial charge in [0.25, 0.3) is 0 Å². The molecule has 1 aliphatic rings. The van der Waals surface area contributed by atoms with E-state index in [2.05, 4.69) is 0 Å². The van der Waals surface area contributed by atoms with E-state index in [0.29, 0.717) is 11.1 Å². The lowest BCUT2D eigenvalue weighted by Crippen LogP contribution is -2.13. The Morgan fingerprint density at radius 1 is 1.06 bits per heavy atom. The first-order valence-electron chi connectivity index (χ1n) is 5.32. The summed E-state index contributed by atoms with van der Waals surface area (Å²) in [4.78, 5) is 0. The highest BCUT2D eigenvalue weighted by atomic mass is 31.2. The molecule has 1 heterocycles. The summed E-state index contributed by atoms with van der Waals surface area (Å²) in [6, 6.07) is 14.1. The van der Waals surface area contributed by atoms with Crippen molar-refractivity contribution in [2.75, 3.05) is 6.35 Å². The smallest absolute Gasteiger partial charge is 0.186 e. The van der Waals surface area contributed by atoms with Gasteiger partial charge >= 0.3 is 0 Å². The number of hydrogen-bond acceptors (Lipinski definition) is 3. The van der Waals surface area contributed by atoms with E-state index in [9.17, 15) is 9.67 Å². The zero-order valence-electron chi connectivity index (χ0n) is 9.04. The SMILES string of the molecule is O=[P@@]1(c2ccccc2)COc2cccc(O)c21. The molecule has 0 spiro atoms. The van der Waals surface area contributed by atoms with Crippen LogP contribution in [0.2, 0.25) is 0 Å². The number of aromatic hydroxyl groups is 1. The molecule has 0 radical (unpaired) electrons. The number of hydrogen-bond donors (Lipinski definition) is 1. The van der Waals surface area contributed by atoms with Gasteiger partial charge in [0.05, 0.1) is 0 Å². The number of phenolic OH excluding ortho intramolecular Hbond substituents is 1. The molecular weight excluding hydrogens is 235 g/mol. The lowest BCUT2D eigenvalue weighted by Gasteiger charge is -2.11. The van der Waals surface area contributed by atoms with Crippen molar-refractivity contribution in [2.45, 2.75) is 0 Å². The molecule has 1 atom stereocenters. The molecule has 0 aliphatic carbocycles. The van der Waals surface area contributed by atoms with Crippen LogP contribution in [0.1, 0.15) is 0 Å². The molecular formula is C13H11O3P. The van der Waals surface area contributed by atoms with Crippen LogP contribution in [0.4, 0.5) is 0 Å². The van der Waals surface area contributed by atoms with Crippen molar-refractivity contribution in [3.63, 3.8) is 0 Å². The summed E-state index contributed by atoms with van der Waals surface area (Å²) in [5, 5.41) is 11.0. The topological polar surface area (TPSA) is 46.5 Å². The van der Waals surface area contributed by atoms with Crippen LogP contribution in [-0.4, -0.2) is 11.5 Å². The lowest BCUT2D eigenvalue weighted by atomic mass is 10.3. The normalized spacial score (nSPS) is 21.9. The van der Waals surface area contributed by atoms with E-state index >= 15 is 0 Å². The van der Waals surface area contributed by atoms with Crippen molar-refractivity contribution in [1.29, 1.82) is 0 Å². The first-order chi connectivity index (χ1) is 8.22. The summed E-state index contributed by atoms with van der Waals surface area (Å²) >= 11 is 0. The van der Waals surface area contributed by atoms with Gasteiger partial charge in [-0.1, -0.05) is 36.4 Å². The number of ether oxygens (including phenoxy) is 1. The van der Waals surface area contributed by atoms with E-state index in [-0.39, 0.29) is 12.1 Å². The Balaban J connectivity index is 2.24. The predicted octanol–water partition coefficient (Wildman–Crippen LogP) is 2.06. The second kappa shape index (κ2) is 3.64. The van der Waals surface area contributed by atoms with Crippen LogP contribution >= 0.6 is 7.14 Å². The Hall–Kier alpha value is -1.73. The van der Waals surface area contributed by atoms with Crippen LogP contribution < -0.4 is 15.3 Å². The quantitative estimate of drug-likeness (QED) is 0.783. The maximum absolute atomic E-state index is 13.0. The van der Waals surface area contributed by atoms with Gasteiger partial charge in [0.1, 0.15) is 23.2 Å². The Morgan fingerprint density at radius 2 is 1.82 bits per heavy atom. The molecule has 0 unspecified atom stereocenters. The van der Waals surface area contributed by atoms with Gasteiger partial charge < -0.3 is 14.4 Å². The minimum absolute atomic E-state index is 0.0483. The molecule has 0 amide bonds. The summed E-state index contributed by atoms with van der Waals surface area (Å²) < 4.78 is 18.4. The van der Waals surface area contributed by atoms with Crippen LogP contribution in [0.3, 0.4) is 0 Å². The fourth-order valence-electron chi connectivity index (χ4n) is 2.09. The van der Waals surface area contributed by atoms with Gasteiger partial charge in [0.2, 0.25) is 0 Å². The molecule has 3 nitrogen and oxygen atoms in total. The molecule has 2 aromatic rings. The molecule has 3 rings (SSSR count). The average Bonchev–Trinajstić information content (AvgIpc) is 2.71. The maximum Gasteiger partial charge on any atom is 0.186 e. The fourth-order valence-corrected chi connectivity index (χ4v) is 4.54. The summed E-state index contributed by atoms with van der Waals surface area (Å²) in [7, 11) is -2.82. The minimum Gasteiger partial charge on any atom is -0.507 e. The third-order valence-corrected chi connectivity index (χ3v) is 5.71. The van der Waals surface area contributed by atoms with Crippen molar-refractivity contribution in [2.24, 2.45) is 0 Å². The van der Waals surface area contributed by atoms with E-state index in [1.807, 2.05) is 30.3 Å². The van der Waals surface area contributed by atoms with Crippen molar-refractivity contribution in [3.05, 3.63) is 48.5 Å². The number of fused-ring (bicyclic) bond motifs is 1. The van der Waals surface area contributed by atoms with Crippen LogP contribution in [0.15, 0.2) is 48.5 Å². The predicted molar refractivity (Wildman–Crippen MR) is 66.9 cm³/mol.